The summed E-state index contributed by atoms with van der Waals surface area (Å²) in [5.74, 6) is 0.345. The molecule has 0 amide bonds. The summed E-state index contributed by atoms with van der Waals surface area (Å²) in [5, 5.41) is 20.6. The van der Waals surface area contributed by atoms with Gasteiger partial charge in [-0.1, -0.05) is 45.0 Å². The van der Waals surface area contributed by atoms with Crippen LogP contribution in [-0.4, -0.2) is 10.2 Å². The maximum atomic E-state index is 10.4. The first kappa shape index (κ1) is 14.4. The highest BCUT2D eigenvalue weighted by Crippen LogP contribution is 2.41. The maximum Gasteiger partial charge on any atom is 0.130 e. The lowest BCUT2D eigenvalue weighted by Gasteiger charge is -2.15. The molecule has 0 heterocycles. The maximum absolute atomic E-state index is 10.4. The molecule has 2 aromatic carbocycles. The smallest absolute Gasteiger partial charge is 0.130 e. The Hall–Kier alpha value is -1.96. The van der Waals surface area contributed by atoms with Gasteiger partial charge in [-0.2, -0.15) is 0 Å². The highest BCUT2D eigenvalue weighted by Gasteiger charge is 2.16. The largest absolute Gasteiger partial charge is 0.507 e. The number of aromatic hydroxyl groups is 2. The Labute approximate surface area is 120 Å². The molecule has 0 unspecified atom stereocenters. The topological polar surface area (TPSA) is 40.5 Å². The summed E-state index contributed by atoms with van der Waals surface area (Å²) in [7, 11) is 0. The molecule has 2 nitrogen and oxygen atoms in total. The van der Waals surface area contributed by atoms with Gasteiger partial charge in [-0.3, -0.25) is 0 Å². The zero-order chi connectivity index (χ0) is 14.7. The molecule has 0 aliphatic carbocycles. The van der Waals surface area contributed by atoms with E-state index < -0.39 is 0 Å². The lowest BCUT2D eigenvalue weighted by atomic mass is 9.92. The van der Waals surface area contributed by atoms with Crippen molar-refractivity contribution in [2.24, 2.45) is 0 Å². The molecule has 0 atom stereocenters. The Morgan fingerprint density at radius 3 is 2.05 bits per heavy atom. The van der Waals surface area contributed by atoms with Crippen LogP contribution >= 0.6 is 0 Å². The van der Waals surface area contributed by atoms with Crippen LogP contribution in [0.2, 0.25) is 0 Å². The second-order valence-corrected chi connectivity index (χ2v) is 5.02. The minimum absolute atomic E-state index is 0.141. The lowest BCUT2D eigenvalue weighted by molar-refractivity contribution is 0.450. The summed E-state index contributed by atoms with van der Waals surface area (Å²) in [6.45, 7) is 6.19. The first-order valence-corrected chi connectivity index (χ1v) is 7.28. The van der Waals surface area contributed by atoms with Crippen LogP contribution in [-0.2, 0) is 19.3 Å². The van der Waals surface area contributed by atoms with E-state index in [0.29, 0.717) is 5.56 Å². The number of benzene rings is 2. The molecule has 2 heteroatoms. The quantitative estimate of drug-likeness (QED) is 0.861. The molecule has 0 fully saturated rings. The Morgan fingerprint density at radius 1 is 0.800 bits per heavy atom. The van der Waals surface area contributed by atoms with E-state index in [0.717, 1.165) is 36.0 Å². The van der Waals surface area contributed by atoms with Gasteiger partial charge in [0.2, 0.25) is 0 Å². The fourth-order valence-corrected chi connectivity index (χ4v) is 2.56. The van der Waals surface area contributed by atoms with Gasteiger partial charge in [0.15, 0.2) is 0 Å². The van der Waals surface area contributed by atoms with Crippen molar-refractivity contribution in [3.05, 3.63) is 47.0 Å². The Balaban J connectivity index is 2.72. The van der Waals surface area contributed by atoms with Crippen LogP contribution in [0.15, 0.2) is 30.3 Å². The molecule has 0 aromatic heterocycles. The Bertz CT molecular complexity index is 615. The van der Waals surface area contributed by atoms with Crippen molar-refractivity contribution >= 4 is 0 Å². The molecule has 0 aliphatic heterocycles. The van der Waals surface area contributed by atoms with Gasteiger partial charge in [0.05, 0.1) is 5.56 Å². The van der Waals surface area contributed by atoms with Crippen LogP contribution in [0.1, 0.15) is 37.5 Å². The summed E-state index contributed by atoms with van der Waals surface area (Å²) in [6, 6.07) is 9.73. The number of phenolic OH excluding ortho intramolecular Hbond substituents is 2. The molecule has 0 radical (unpaired) electrons. The summed E-state index contributed by atoms with van der Waals surface area (Å²) in [4.78, 5) is 0. The lowest BCUT2D eigenvalue weighted by Crippen LogP contribution is -1.93. The summed E-state index contributed by atoms with van der Waals surface area (Å²) < 4.78 is 0. The average Bonchev–Trinajstić information content (AvgIpc) is 2.47. The number of rotatable bonds is 4. The van der Waals surface area contributed by atoms with E-state index in [4.69, 9.17) is 0 Å². The van der Waals surface area contributed by atoms with E-state index in [2.05, 4.69) is 32.0 Å². The molecule has 0 bridgehead atoms. The highest BCUT2D eigenvalue weighted by molar-refractivity contribution is 5.80. The molecule has 0 saturated heterocycles. The van der Waals surface area contributed by atoms with Gasteiger partial charge < -0.3 is 10.2 Å². The SMILES string of the molecule is CCc1ccc(CC)c(-c2c(O)ccc(CC)c2O)c1. The molecule has 2 N–H and O–H groups in total. The number of aryl methyl sites for hydroxylation is 3. The first-order valence-electron chi connectivity index (χ1n) is 7.28. The van der Waals surface area contributed by atoms with Crippen molar-refractivity contribution in [3.63, 3.8) is 0 Å². The molecular formula is C18H22O2. The van der Waals surface area contributed by atoms with Crippen molar-refractivity contribution in [2.75, 3.05) is 0 Å². The fraction of sp³-hybridized carbons (Fsp3) is 0.333. The molecule has 2 rings (SSSR count). The van der Waals surface area contributed by atoms with Crippen LogP contribution in [0.4, 0.5) is 0 Å². The van der Waals surface area contributed by atoms with Gasteiger partial charge in [0.25, 0.3) is 0 Å². The minimum Gasteiger partial charge on any atom is -0.507 e. The summed E-state index contributed by atoms with van der Waals surface area (Å²) in [5.41, 5.74) is 4.72. The molecular weight excluding hydrogens is 248 g/mol. The average molecular weight is 270 g/mol. The van der Waals surface area contributed by atoms with E-state index in [1.807, 2.05) is 6.92 Å². The Kier molecular flexibility index (Phi) is 4.33. The van der Waals surface area contributed by atoms with E-state index in [9.17, 15) is 10.2 Å². The van der Waals surface area contributed by atoms with Gasteiger partial charge in [0.1, 0.15) is 11.5 Å². The van der Waals surface area contributed by atoms with Crippen molar-refractivity contribution < 1.29 is 10.2 Å². The van der Waals surface area contributed by atoms with Gasteiger partial charge in [-0.15, -0.1) is 0 Å². The summed E-state index contributed by atoms with van der Waals surface area (Å²) in [6.07, 6.45) is 2.55. The third kappa shape index (κ3) is 2.51. The molecule has 2 aromatic rings. The van der Waals surface area contributed by atoms with E-state index in [1.165, 1.54) is 5.56 Å². The van der Waals surface area contributed by atoms with Gasteiger partial charge in [0, 0.05) is 0 Å². The third-order valence-electron chi connectivity index (χ3n) is 3.85. The van der Waals surface area contributed by atoms with Crippen LogP contribution in [0.25, 0.3) is 11.1 Å². The molecule has 106 valence electrons. The second-order valence-electron chi connectivity index (χ2n) is 5.02. The van der Waals surface area contributed by atoms with Crippen LogP contribution in [0.5, 0.6) is 11.5 Å². The second kappa shape index (κ2) is 6.00. The monoisotopic (exact) mass is 270 g/mol. The zero-order valence-corrected chi connectivity index (χ0v) is 12.4. The van der Waals surface area contributed by atoms with Crippen LogP contribution in [0.3, 0.4) is 0 Å². The van der Waals surface area contributed by atoms with Crippen molar-refractivity contribution in [1.29, 1.82) is 0 Å². The van der Waals surface area contributed by atoms with Crippen molar-refractivity contribution in [1.82, 2.24) is 0 Å². The zero-order valence-electron chi connectivity index (χ0n) is 12.4. The van der Waals surface area contributed by atoms with E-state index in [1.54, 1.807) is 12.1 Å². The molecule has 0 aliphatic rings. The Morgan fingerprint density at radius 2 is 1.45 bits per heavy atom. The number of hydrogen-bond acceptors (Lipinski definition) is 2. The van der Waals surface area contributed by atoms with Gasteiger partial charge in [-0.25, -0.2) is 0 Å². The predicted octanol–water partition coefficient (Wildman–Crippen LogP) is 4.45. The minimum atomic E-state index is 0.141. The standard InChI is InChI=1S/C18H22O2/c1-4-12-7-8-13(5-2)15(11-12)17-16(19)10-9-14(6-3)18(17)20/h7-11,19-20H,4-6H2,1-3H3. The highest BCUT2D eigenvalue weighted by atomic mass is 16.3. The summed E-state index contributed by atoms with van der Waals surface area (Å²) >= 11 is 0. The third-order valence-corrected chi connectivity index (χ3v) is 3.85. The number of hydrogen-bond donors (Lipinski definition) is 2. The molecule has 20 heavy (non-hydrogen) atoms. The molecule has 0 spiro atoms. The normalized spacial score (nSPS) is 10.8. The van der Waals surface area contributed by atoms with E-state index in [-0.39, 0.29) is 11.5 Å². The van der Waals surface area contributed by atoms with Crippen molar-refractivity contribution in [2.45, 2.75) is 40.0 Å². The van der Waals surface area contributed by atoms with Crippen LogP contribution in [0, 0.1) is 0 Å². The van der Waals surface area contributed by atoms with Gasteiger partial charge in [-0.05, 0) is 47.6 Å². The predicted molar refractivity (Wildman–Crippen MR) is 83.3 cm³/mol. The number of phenols is 2. The van der Waals surface area contributed by atoms with Gasteiger partial charge >= 0.3 is 0 Å². The molecule has 0 saturated carbocycles. The van der Waals surface area contributed by atoms with Crippen LogP contribution < -0.4 is 0 Å². The fourth-order valence-electron chi connectivity index (χ4n) is 2.56. The van der Waals surface area contributed by atoms with E-state index >= 15 is 0 Å². The first-order chi connectivity index (χ1) is 9.62. The van der Waals surface area contributed by atoms with Crippen molar-refractivity contribution in [3.8, 4) is 22.6 Å².